The van der Waals surface area contributed by atoms with Crippen LogP contribution in [-0.2, 0) is 6.54 Å². The highest BCUT2D eigenvalue weighted by Crippen LogP contribution is 2.18. The number of halogens is 1. The van der Waals surface area contributed by atoms with Crippen LogP contribution >= 0.6 is 11.6 Å². The van der Waals surface area contributed by atoms with E-state index >= 15 is 0 Å². The summed E-state index contributed by atoms with van der Waals surface area (Å²) in [5, 5.41) is 3.43. The van der Waals surface area contributed by atoms with Crippen molar-refractivity contribution in [2.75, 3.05) is 0 Å². The van der Waals surface area contributed by atoms with E-state index in [4.69, 9.17) is 11.6 Å². The summed E-state index contributed by atoms with van der Waals surface area (Å²) >= 11 is 5.84. The van der Waals surface area contributed by atoms with E-state index in [1.165, 1.54) is 0 Å². The maximum Gasteiger partial charge on any atom is 0.255 e. The summed E-state index contributed by atoms with van der Waals surface area (Å²) < 4.78 is 1.86. The van der Waals surface area contributed by atoms with Crippen molar-refractivity contribution in [3.63, 3.8) is 0 Å². The van der Waals surface area contributed by atoms with Gasteiger partial charge in [-0.3, -0.25) is 9.59 Å². The van der Waals surface area contributed by atoms with E-state index in [1.54, 1.807) is 48.9 Å². The van der Waals surface area contributed by atoms with Gasteiger partial charge < -0.3 is 14.9 Å². The molecule has 144 valence electrons. The number of hydrogen-bond acceptors (Lipinski definition) is 3. The summed E-state index contributed by atoms with van der Waals surface area (Å²) in [5.41, 5.74) is 3.52. The Morgan fingerprint density at radius 1 is 1.07 bits per heavy atom. The molecule has 2 aromatic heterocycles. The zero-order valence-corrected chi connectivity index (χ0v) is 16.1. The molecule has 0 bridgehead atoms. The molecule has 7 heteroatoms. The first-order valence-electron chi connectivity index (χ1n) is 8.95. The number of carbonyl (C=O) groups is 1. The summed E-state index contributed by atoms with van der Waals surface area (Å²) in [6.45, 7) is 0.311. The topological polar surface area (TPSA) is 79.8 Å². The van der Waals surface area contributed by atoms with Gasteiger partial charge in [0.1, 0.15) is 0 Å². The standard InChI is InChI=1S/C22H17ClN4O2/c23-17-7-3-16(4-8-17)21(28)25-12-18-13-27(14-26-18)19-9-5-15(6-10-19)20-2-1-11-24-22(20)29/h1-11,13-14H,12H2,(H,24,29)(H,25,28). The van der Waals surface area contributed by atoms with Gasteiger partial charge in [-0.05, 0) is 54.1 Å². The number of aromatic amines is 1. The van der Waals surface area contributed by atoms with Crippen LogP contribution in [0.5, 0.6) is 0 Å². The van der Waals surface area contributed by atoms with Crippen molar-refractivity contribution in [1.29, 1.82) is 0 Å². The van der Waals surface area contributed by atoms with Gasteiger partial charge in [-0.15, -0.1) is 0 Å². The summed E-state index contributed by atoms with van der Waals surface area (Å²) in [5.74, 6) is -0.186. The fourth-order valence-corrected chi connectivity index (χ4v) is 3.06. The van der Waals surface area contributed by atoms with E-state index in [2.05, 4.69) is 15.3 Å². The minimum Gasteiger partial charge on any atom is -0.346 e. The van der Waals surface area contributed by atoms with Crippen molar-refractivity contribution in [3.05, 3.63) is 106 Å². The third-order valence-electron chi connectivity index (χ3n) is 4.47. The quantitative estimate of drug-likeness (QED) is 0.530. The number of nitrogens with zero attached hydrogens (tertiary/aromatic N) is 2. The van der Waals surface area contributed by atoms with Crippen LogP contribution in [0.3, 0.4) is 0 Å². The molecule has 2 N–H and O–H groups in total. The van der Waals surface area contributed by atoms with E-state index in [0.29, 0.717) is 22.7 Å². The molecule has 29 heavy (non-hydrogen) atoms. The Morgan fingerprint density at radius 2 is 1.83 bits per heavy atom. The zero-order chi connectivity index (χ0) is 20.2. The molecular formula is C22H17ClN4O2. The molecule has 4 aromatic rings. The molecule has 4 rings (SSSR count). The van der Waals surface area contributed by atoms with Gasteiger partial charge in [-0.25, -0.2) is 4.98 Å². The second-order valence-corrected chi connectivity index (χ2v) is 6.86. The number of imidazole rings is 1. The molecule has 2 aromatic carbocycles. The smallest absolute Gasteiger partial charge is 0.255 e. The van der Waals surface area contributed by atoms with Crippen LogP contribution in [0.15, 0.2) is 84.2 Å². The summed E-state index contributed by atoms with van der Waals surface area (Å²) in [4.78, 5) is 31.1. The van der Waals surface area contributed by atoms with Crippen molar-refractivity contribution >= 4 is 17.5 Å². The number of H-pyrrole nitrogens is 1. The van der Waals surface area contributed by atoms with E-state index in [9.17, 15) is 9.59 Å². The Bertz CT molecular complexity index is 1190. The molecule has 0 unspecified atom stereocenters. The lowest BCUT2D eigenvalue weighted by Gasteiger charge is -2.05. The number of nitrogens with one attached hydrogen (secondary N) is 2. The maximum atomic E-state index is 12.2. The Labute approximate surface area is 171 Å². The monoisotopic (exact) mass is 404 g/mol. The van der Waals surface area contributed by atoms with Crippen LogP contribution in [0, 0.1) is 0 Å². The second-order valence-electron chi connectivity index (χ2n) is 6.42. The first kappa shape index (κ1) is 18.7. The summed E-state index contributed by atoms with van der Waals surface area (Å²) in [6, 6.07) is 17.9. The lowest BCUT2D eigenvalue weighted by Crippen LogP contribution is -2.22. The van der Waals surface area contributed by atoms with Crippen molar-refractivity contribution in [1.82, 2.24) is 19.9 Å². The molecule has 0 saturated heterocycles. The van der Waals surface area contributed by atoms with Gasteiger partial charge in [-0.1, -0.05) is 23.7 Å². The normalized spacial score (nSPS) is 10.7. The third-order valence-corrected chi connectivity index (χ3v) is 4.72. The van der Waals surface area contributed by atoms with Crippen LogP contribution in [-0.4, -0.2) is 20.4 Å². The van der Waals surface area contributed by atoms with Gasteiger partial charge >= 0.3 is 0 Å². The summed E-state index contributed by atoms with van der Waals surface area (Å²) in [6.07, 6.45) is 5.15. The van der Waals surface area contributed by atoms with Gasteiger partial charge in [0.25, 0.3) is 11.5 Å². The number of rotatable bonds is 5. The number of aromatic nitrogens is 3. The highest BCUT2D eigenvalue weighted by molar-refractivity contribution is 6.30. The Kier molecular flexibility index (Phi) is 5.27. The Morgan fingerprint density at radius 3 is 2.55 bits per heavy atom. The largest absolute Gasteiger partial charge is 0.346 e. The number of pyridine rings is 1. The Hall–Kier alpha value is -3.64. The van der Waals surface area contributed by atoms with Crippen LogP contribution < -0.4 is 10.9 Å². The van der Waals surface area contributed by atoms with Crippen molar-refractivity contribution in [2.45, 2.75) is 6.54 Å². The molecule has 0 aliphatic carbocycles. The van der Waals surface area contributed by atoms with Crippen LogP contribution in [0.4, 0.5) is 0 Å². The van der Waals surface area contributed by atoms with E-state index in [1.807, 2.05) is 35.0 Å². The molecule has 0 fully saturated rings. The van der Waals surface area contributed by atoms with Gasteiger partial charge in [-0.2, -0.15) is 0 Å². The minimum atomic E-state index is -0.186. The molecule has 0 aliphatic heterocycles. The van der Waals surface area contributed by atoms with Crippen molar-refractivity contribution in [3.8, 4) is 16.8 Å². The number of carbonyl (C=O) groups excluding carboxylic acids is 1. The lowest BCUT2D eigenvalue weighted by atomic mass is 10.1. The maximum absolute atomic E-state index is 12.2. The fraction of sp³-hybridized carbons (Fsp3) is 0.0455. The Balaban J connectivity index is 1.43. The van der Waals surface area contributed by atoms with Gasteiger partial charge in [0.2, 0.25) is 0 Å². The fourth-order valence-electron chi connectivity index (χ4n) is 2.93. The third kappa shape index (κ3) is 4.28. The van der Waals surface area contributed by atoms with Gasteiger partial charge in [0.15, 0.2) is 0 Å². The molecule has 0 aliphatic rings. The van der Waals surface area contributed by atoms with Crippen molar-refractivity contribution in [2.24, 2.45) is 0 Å². The number of amides is 1. The summed E-state index contributed by atoms with van der Waals surface area (Å²) in [7, 11) is 0. The minimum absolute atomic E-state index is 0.124. The highest BCUT2D eigenvalue weighted by Gasteiger charge is 2.08. The SMILES string of the molecule is O=C(NCc1cn(-c2ccc(-c3ccc[nH]c3=O)cc2)cn1)c1ccc(Cl)cc1. The highest BCUT2D eigenvalue weighted by atomic mass is 35.5. The van der Waals surface area contributed by atoms with E-state index in [0.717, 1.165) is 16.9 Å². The van der Waals surface area contributed by atoms with Crippen LogP contribution in [0.2, 0.25) is 5.02 Å². The molecule has 1 amide bonds. The van der Waals surface area contributed by atoms with Gasteiger partial charge in [0.05, 0.1) is 18.6 Å². The molecule has 0 radical (unpaired) electrons. The average Bonchev–Trinajstić information content (AvgIpc) is 3.22. The predicted molar refractivity (Wildman–Crippen MR) is 112 cm³/mol. The van der Waals surface area contributed by atoms with E-state index < -0.39 is 0 Å². The van der Waals surface area contributed by atoms with Crippen molar-refractivity contribution < 1.29 is 4.79 Å². The van der Waals surface area contributed by atoms with Crippen LogP contribution in [0.1, 0.15) is 16.1 Å². The van der Waals surface area contributed by atoms with E-state index in [-0.39, 0.29) is 11.5 Å². The molecule has 0 spiro atoms. The van der Waals surface area contributed by atoms with Gasteiger partial charge in [0, 0.05) is 34.2 Å². The number of hydrogen-bond donors (Lipinski definition) is 2. The second kappa shape index (κ2) is 8.16. The molecule has 6 nitrogen and oxygen atoms in total. The first-order valence-corrected chi connectivity index (χ1v) is 9.33. The molecule has 2 heterocycles. The molecule has 0 atom stereocenters. The first-order chi connectivity index (χ1) is 14.1. The lowest BCUT2D eigenvalue weighted by molar-refractivity contribution is 0.0950. The predicted octanol–water partition coefficient (Wildman–Crippen LogP) is 3.81. The van der Waals surface area contributed by atoms with Crippen LogP contribution in [0.25, 0.3) is 16.8 Å². The molecular weight excluding hydrogens is 388 g/mol. The molecule has 0 saturated carbocycles. The number of benzene rings is 2. The zero-order valence-electron chi connectivity index (χ0n) is 15.3. The average molecular weight is 405 g/mol.